The molecule has 0 saturated heterocycles. The van der Waals surface area contributed by atoms with Gasteiger partial charge in [-0.25, -0.2) is 0 Å². The van der Waals surface area contributed by atoms with Crippen LogP contribution < -0.4 is 19.7 Å². The maximum atomic E-state index is 14.0. The van der Waals surface area contributed by atoms with Crippen molar-refractivity contribution in [1.82, 2.24) is 10.3 Å². The smallest absolute Gasteiger partial charge is 0.277 e. The first-order valence-corrected chi connectivity index (χ1v) is 12.4. The number of carbonyl (C=O) groups excluding carboxylic acids is 2. The van der Waals surface area contributed by atoms with E-state index < -0.39 is 6.04 Å². The van der Waals surface area contributed by atoms with Gasteiger partial charge in [0.25, 0.3) is 5.91 Å². The van der Waals surface area contributed by atoms with E-state index in [9.17, 15) is 9.59 Å². The Morgan fingerprint density at radius 1 is 0.972 bits per heavy atom. The number of aryl methyl sites for hydroxylation is 1. The highest BCUT2D eigenvalue weighted by atomic mass is 16.5. The Morgan fingerprint density at radius 3 is 2.36 bits per heavy atom. The van der Waals surface area contributed by atoms with Crippen molar-refractivity contribution in [1.29, 1.82) is 0 Å². The van der Waals surface area contributed by atoms with Gasteiger partial charge in [-0.15, -0.1) is 0 Å². The number of ether oxygens (including phenoxy) is 2. The largest absolute Gasteiger partial charge is 0.497 e. The first-order chi connectivity index (χ1) is 17.5. The summed E-state index contributed by atoms with van der Waals surface area (Å²) in [5.41, 5.74) is 2.46. The molecule has 0 unspecified atom stereocenters. The average molecular weight is 488 g/mol. The van der Waals surface area contributed by atoms with Crippen LogP contribution in [0.2, 0.25) is 0 Å². The van der Waals surface area contributed by atoms with E-state index in [-0.39, 0.29) is 23.6 Å². The first-order valence-electron chi connectivity index (χ1n) is 12.4. The SMILES string of the molecule is COc1ccc([C@@H](C(=O)NC2CCCCC2)N(C(=O)c2ccccn2)c2ccc(C)cc2)c(OC)c1. The van der Waals surface area contributed by atoms with Crippen LogP contribution in [0, 0.1) is 6.92 Å². The van der Waals surface area contributed by atoms with E-state index in [4.69, 9.17) is 9.47 Å². The number of nitrogens with zero attached hydrogens (tertiary/aromatic N) is 2. The molecule has 0 radical (unpaired) electrons. The molecule has 1 aromatic heterocycles. The molecule has 0 bridgehead atoms. The van der Waals surface area contributed by atoms with Crippen LogP contribution in [0.15, 0.2) is 66.9 Å². The Labute approximate surface area is 212 Å². The Morgan fingerprint density at radius 2 is 1.72 bits per heavy atom. The number of hydrogen-bond donors (Lipinski definition) is 1. The lowest BCUT2D eigenvalue weighted by Crippen LogP contribution is -2.47. The summed E-state index contributed by atoms with van der Waals surface area (Å²) in [7, 11) is 3.12. The van der Waals surface area contributed by atoms with E-state index in [1.54, 1.807) is 56.8 Å². The van der Waals surface area contributed by atoms with E-state index in [0.29, 0.717) is 22.7 Å². The molecular weight excluding hydrogens is 454 g/mol. The number of hydrogen-bond acceptors (Lipinski definition) is 5. The molecule has 1 aliphatic rings. The van der Waals surface area contributed by atoms with Gasteiger partial charge in [0.2, 0.25) is 5.91 Å². The highest BCUT2D eigenvalue weighted by Gasteiger charge is 2.37. The van der Waals surface area contributed by atoms with E-state index in [2.05, 4.69) is 10.3 Å². The third kappa shape index (κ3) is 5.67. The highest BCUT2D eigenvalue weighted by Crippen LogP contribution is 2.37. The van der Waals surface area contributed by atoms with Crippen LogP contribution >= 0.6 is 0 Å². The van der Waals surface area contributed by atoms with E-state index >= 15 is 0 Å². The maximum absolute atomic E-state index is 14.0. The Balaban J connectivity index is 1.86. The molecule has 7 heteroatoms. The van der Waals surface area contributed by atoms with Crippen LogP contribution in [0.4, 0.5) is 5.69 Å². The topological polar surface area (TPSA) is 80.8 Å². The number of benzene rings is 2. The third-order valence-electron chi connectivity index (χ3n) is 6.61. The van der Waals surface area contributed by atoms with Crippen LogP contribution in [-0.2, 0) is 4.79 Å². The summed E-state index contributed by atoms with van der Waals surface area (Å²) in [6.45, 7) is 1.98. The Kier molecular flexibility index (Phi) is 8.21. The van der Waals surface area contributed by atoms with Gasteiger partial charge in [-0.3, -0.25) is 19.5 Å². The summed E-state index contributed by atoms with van der Waals surface area (Å²) in [6.07, 6.45) is 6.77. The average Bonchev–Trinajstić information content (AvgIpc) is 2.92. The molecule has 0 aliphatic heterocycles. The molecule has 1 heterocycles. The summed E-state index contributed by atoms with van der Waals surface area (Å²) in [4.78, 5) is 33.8. The van der Waals surface area contributed by atoms with Crippen molar-refractivity contribution in [2.24, 2.45) is 0 Å². The molecule has 36 heavy (non-hydrogen) atoms. The van der Waals surface area contributed by atoms with Crippen molar-refractivity contribution in [3.8, 4) is 11.5 Å². The summed E-state index contributed by atoms with van der Waals surface area (Å²) < 4.78 is 11.1. The number of carbonyl (C=O) groups is 2. The minimum absolute atomic E-state index is 0.0720. The van der Waals surface area contributed by atoms with Gasteiger partial charge in [0, 0.05) is 29.6 Å². The monoisotopic (exact) mass is 487 g/mol. The number of amides is 2. The normalized spacial score (nSPS) is 14.5. The molecule has 1 N–H and O–H groups in total. The number of aromatic nitrogens is 1. The zero-order chi connectivity index (χ0) is 25.5. The molecule has 1 aliphatic carbocycles. The number of pyridine rings is 1. The van der Waals surface area contributed by atoms with Gasteiger partial charge in [-0.05, 0) is 56.2 Å². The lowest BCUT2D eigenvalue weighted by atomic mass is 9.94. The predicted octanol–water partition coefficient (Wildman–Crippen LogP) is 5.24. The molecular formula is C29H33N3O4. The van der Waals surface area contributed by atoms with Crippen molar-refractivity contribution in [3.05, 3.63) is 83.7 Å². The standard InChI is InChI=1S/C29H33N3O4/c1-20-12-14-22(15-13-20)32(29(34)25-11-7-8-18-30-25)27(28(33)31-21-9-5-4-6-10-21)24-17-16-23(35-2)19-26(24)36-3/h7-8,11-19,21,27H,4-6,9-10H2,1-3H3,(H,31,33)/t27-/m0/s1. The minimum Gasteiger partial charge on any atom is -0.497 e. The molecule has 2 amide bonds. The van der Waals surface area contributed by atoms with Gasteiger partial charge in [-0.2, -0.15) is 0 Å². The van der Waals surface area contributed by atoms with Gasteiger partial charge >= 0.3 is 0 Å². The fourth-order valence-electron chi connectivity index (χ4n) is 4.67. The molecule has 1 saturated carbocycles. The molecule has 1 fully saturated rings. The van der Waals surface area contributed by atoms with Crippen LogP contribution in [-0.4, -0.2) is 37.1 Å². The Hall–Kier alpha value is -3.87. The summed E-state index contributed by atoms with van der Waals surface area (Å²) in [6, 6.07) is 17.1. The zero-order valence-electron chi connectivity index (χ0n) is 21.1. The van der Waals surface area contributed by atoms with E-state index in [0.717, 1.165) is 31.2 Å². The second-order valence-corrected chi connectivity index (χ2v) is 9.08. The molecule has 7 nitrogen and oxygen atoms in total. The van der Waals surface area contributed by atoms with Crippen LogP contribution in [0.5, 0.6) is 11.5 Å². The van der Waals surface area contributed by atoms with Crippen molar-refractivity contribution in [2.75, 3.05) is 19.1 Å². The third-order valence-corrected chi connectivity index (χ3v) is 6.61. The number of nitrogens with one attached hydrogen (secondary N) is 1. The maximum Gasteiger partial charge on any atom is 0.277 e. The van der Waals surface area contributed by atoms with E-state index in [1.165, 1.54) is 11.3 Å². The van der Waals surface area contributed by atoms with Gasteiger partial charge in [0.05, 0.1) is 14.2 Å². The quantitative estimate of drug-likeness (QED) is 0.470. The van der Waals surface area contributed by atoms with Crippen LogP contribution in [0.1, 0.15) is 59.8 Å². The molecule has 0 spiro atoms. The van der Waals surface area contributed by atoms with Crippen molar-refractivity contribution >= 4 is 17.5 Å². The number of rotatable bonds is 8. The van der Waals surface area contributed by atoms with E-state index in [1.807, 2.05) is 31.2 Å². The van der Waals surface area contributed by atoms with Gasteiger partial charge < -0.3 is 14.8 Å². The number of anilines is 1. The molecule has 4 rings (SSSR count). The molecule has 2 aromatic carbocycles. The van der Waals surface area contributed by atoms with Crippen molar-refractivity contribution in [2.45, 2.75) is 51.1 Å². The molecule has 188 valence electrons. The van der Waals surface area contributed by atoms with Gasteiger partial charge in [-0.1, -0.05) is 43.0 Å². The highest BCUT2D eigenvalue weighted by molar-refractivity contribution is 6.09. The fourth-order valence-corrected chi connectivity index (χ4v) is 4.67. The second kappa shape index (κ2) is 11.7. The second-order valence-electron chi connectivity index (χ2n) is 9.08. The number of methoxy groups -OCH3 is 2. The Bertz CT molecular complexity index is 1170. The van der Waals surface area contributed by atoms with Gasteiger partial charge in [0.15, 0.2) is 0 Å². The van der Waals surface area contributed by atoms with Crippen LogP contribution in [0.3, 0.4) is 0 Å². The minimum atomic E-state index is -0.981. The molecule has 3 aromatic rings. The van der Waals surface area contributed by atoms with Crippen molar-refractivity contribution in [3.63, 3.8) is 0 Å². The summed E-state index contributed by atoms with van der Waals surface area (Å²) >= 11 is 0. The lowest BCUT2D eigenvalue weighted by molar-refractivity contribution is -0.123. The summed E-state index contributed by atoms with van der Waals surface area (Å²) in [5, 5.41) is 3.23. The van der Waals surface area contributed by atoms with Gasteiger partial charge in [0.1, 0.15) is 23.2 Å². The lowest BCUT2D eigenvalue weighted by Gasteiger charge is -2.34. The fraction of sp³-hybridized carbons (Fsp3) is 0.345. The van der Waals surface area contributed by atoms with Crippen LogP contribution in [0.25, 0.3) is 0 Å². The van der Waals surface area contributed by atoms with Crippen molar-refractivity contribution < 1.29 is 19.1 Å². The first kappa shape index (κ1) is 25.2. The summed E-state index contributed by atoms with van der Waals surface area (Å²) in [5.74, 6) is 0.431. The molecule has 1 atom stereocenters. The predicted molar refractivity (Wildman–Crippen MR) is 140 cm³/mol. The zero-order valence-corrected chi connectivity index (χ0v) is 21.1.